The van der Waals surface area contributed by atoms with Crippen molar-refractivity contribution in [3.05, 3.63) is 72.2 Å². The zero-order chi connectivity index (χ0) is 21.3. The molecule has 0 atom stereocenters. The van der Waals surface area contributed by atoms with E-state index in [1.54, 1.807) is 42.6 Å². The fraction of sp³-hybridized carbons (Fsp3) is 0.143. The number of aryl methyl sites for hydroxylation is 1. The van der Waals surface area contributed by atoms with Crippen molar-refractivity contribution in [1.29, 1.82) is 0 Å². The quantitative estimate of drug-likeness (QED) is 0.440. The van der Waals surface area contributed by atoms with Crippen LogP contribution in [0.15, 0.2) is 65.8 Å². The maximum absolute atomic E-state index is 11.8. The zero-order valence-corrected chi connectivity index (χ0v) is 17.3. The van der Waals surface area contributed by atoms with Crippen molar-refractivity contribution in [2.75, 3.05) is 12.4 Å². The highest BCUT2D eigenvalue weighted by molar-refractivity contribution is 7.89. The number of rotatable bonds is 6. The van der Waals surface area contributed by atoms with E-state index in [-0.39, 0.29) is 10.6 Å². The molecule has 4 rings (SSSR count). The first-order valence-corrected chi connectivity index (χ1v) is 10.8. The minimum Gasteiger partial charge on any atom is -0.508 e. The minimum absolute atomic E-state index is 0.211. The predicted octanol–water partition coefficient (Wildman–Crippen LogP) is 2.93. The van der Waals surface area contributed by atoms with Gasteiger partial charge in [0, 0.05) is 24.5 Å². The van der Waals surface area contributed by atoms with E-state index in [4.69, 9.17) is 0 Å². The van der Waals surface area contributed by atoms with Crippen LogP contribution in [0.4, 0.5) is 5.82 Å². The van der Waals surface area contributed by atoms with Crippen LogP contribution in [0, 0.1) is 6.92 Å². The van der Waals surface area contributed by atoms with Gasteiger partial charge in [-0.1, -0.05) is 12.1 Å². The standard InChI is InChI=1S/C21H21N5O3S/c1-14-19(16-5-7-17(27)8-6-16)26-12-11-23-20(21(26)25-14)24-13-15-3-9-18(10-4-15)30(28,29)22-2/h3-12,22,27H,13H2,1-2H3,(H,23,24). The number of hydrogen-bond donors (Lipinski definition) is 3. The molecule has 0 fully saturated rings. The lowest BCUT2D eigenvalue weighted by molar-refractivity contribution is 0.475. The van der Waals surface area contributed by atoms with Gasteiger partial charge in [-0.3, -0.25) is 4.40 Å². The van der Waals surface area contributed by atoms with Crippen LogP contribution in [-0.2, 0) is 16.6 Å². The topological polar surface area (TPSA) is 109 Å². The molecule has 0 saturated heterocycles. The maximum atomic E-state index is 11.8. The third-order valence-electron chi connectivity index (χ3n) is 4.82. The number of fused-ring (bicyclic) bond motifs is 1. The summed E-state index contributed by atoms with van der Waals surface area (Å²) in [5.74, 6) is 0.834. The van der Waals surface area contributed by atoms with Crippen LogP contribution in [0.1, 0.15) is 11.3 Å². The molecule has 0 radical (unpaired) electrons. The minimum atomic E-state index is -3.45. The Morgan fingerprint density at radius 2 is 1.77 bits per heavy atom. The van der Waals surface area contributed by atoms with Crippen LogP contribution < -0.4 is 10.0 Å². The zero-order valence-electron chi connectivity index (χ0n) is 16.5. The number of nitrogens with zero attached hydrogens (tertiary/aromatic N) is 3. The van der Waals surface area contributed by atoms with E-state index in [0.29, 0.717) is 18.0 Å². The molecule has 2 aromatic heterocycles. The van der Waals surface area contributed by atoms with Gasteiger partial charge in [0.1, 0.15) is 5.75 Å². The van der Waals surface area contributed by atoms with Crippen molar-refractivity contribution in [3.8, 4) is 17.0 Å². The van der Waals surface area contributed by atoms with Gasteiger partial charge in [-0.25, -0.2) is 23.1 Å². The molecule has 0 aliphatic rings. The highest BCUT2D eigenvalue weighted by Crippen LogP contribution is 2.28. The molecule has 2 aromatic carbocycles. The van der Waals surface area contributed by atoms with Gasteiger partial charge in [-0.05, 0) is 55.9 Å². The number of benzene rings is 2. The third-order valence-corrected chi connectivity index (χ3v) is 6.25. The molecule has 2 heterocycles. The lowest BCUT2D eigenvalue weighted by atomic mass is 10.1. The summed E-state index contributed by atoms with van der Waals surface area (Å²) in [5.41, 5.74) is 4.31. The number of nitrogens with one attached hydrogen (secondary N) is 2. The fourth-order valence-corrected chi connectivity index (χ4v) is 4.00. The summed E-state index contributed by atoms with van der Waals surface area (Å²) in [5, 5.41) is 12.8. The molecule has 0 spiro atoms. The molecule has 0 unspecified atom stereocenters. The number of anilines is 1. The van der Waals surface area contributed by atoms with Gasteiger partial charge in [0.2, 0.25) is 10.0 Å². The first kappa shape index (κ1) is 19.9. The number of sulfonamides is 1. The van der Waals surface area contributed by atoms with E-state index in [2.05, 4.69) is 20.0 Å². The second-order valence-corrected chi connectivity index (χ2v) is 8.65. The molecule has 9 heteroatoms. The average molecular weight is 423 g/mol. The van der Waals surface area contributed by atoms with Crippen molar-refractivity contribution in [3.63, 3.8) is 0 Å². The average Bonchev–Trinajstić information content (AvgIpc) is 3.09. The van der Waals surface area contributed by atoms with E-state index in [0.717, 1.165) is 22.5 Å². The molecule has 4 aromatic rings. The molecule has 154 valence electrons. The molecule has 30 heavy (non-hydrogen) atoms. The van der Waals surface area contributed by atoms with Gasteiger partial charge in [0.05, 0.1) is 16.3 Å². The van der Waals surface area contributed by atoms with Crippen LogP contribution in [-0.4, -0.2) is 34.9 Å². The summed E-state index contributed by atoms with van der Waals surface area (Å²) in [6, 6.07) is 13.6. The van der Waals surface area contributed by atoms with Crippen LogP contribution in [0.3, 0.4) is 0 Å². The van der Waals surface area contributed by atoms with Gasteiger partial charge in [0.15, 0.2) is 11.5 Å². The summed E-state index contributed by atoms with van der Waals surface area (Å²) in [7, 11) is -2.07. The first-order chi connectivity index (χ1) is 14.4. The number of imidazole rings is 1. The van der Waals surface area contributed by atoms with Crippen molar-refractivity contribution in [2.45, 2.75) is 18.4 Å². The summed E-state index contributed by atoms with van der Waals surface area (Å²) in [6.07, 6.45) is 3.54. The van der Waals surface area contributed by atoms with Gasteiger partial charge in [0.25, 0.3) is 0 Å². The Balaban J connectivity index is 1.61. The van der Waals surface area contributed by atoms with Crippen molar-refractivity contribution in [1.82, 2.24) is 19.1 Å². The van der Waals surface area contributed by atoms with Crippen molar-refractivity contribution in [2.24, 2.45) is 0 Å². The van der Waals surface area contributed by atoms with E-state index in [1.807, 2.05) is 29.7 Å². The smallest absolute Gasteiger partial charge is 0.240 e. The lowest BCUT2D eigenvalue weighted by Gasteiger charge is -2.09. The normalized spacial score (nSPS) is 11.7. The van der Waals surface area contributed by atoms with Crippen LogP contribution in [0.2, 0.25) is 0 Å². The van der Waals surface area contributed by atoms with E-state index < -0.39 is 10.0 Å². The third kappa shape index (κ3) is 3.72. The summed E-state index contributed by atoms with van der Waals surface area (Å²) < 4.78 is 28.0. The monoisotopic (exact) mass is 423 g/mol. The van der Waals surface area contributed by atoms with Crippen LogP contribution in [0.5, 0.6) is 5.75 Å². The largest absolute Gasteiger partial charge is 0.508 e. The summed E-state index contributed by atoms with van der Waals surface area (Å²) >= 11 is 0. The molecular formula is C21H21N5O3S. The number of aromatic hydroxyl groups is 1. The Hall–Kier alpha value is -3.43. The van der Waals surface area contributed by atoms with Crippen LogP contribution >= 0.6 is 0 Å². The molecule has 0 bridgehead atoms. The maximum Gasteiger partial charge on any atom is 0.240 e. The number of aromatic nitrogens is 3. The predicted molar refractivity (Wildman–Crippen MR) is 115 cm³/mol. The van der Waals surface area contributed by atoms with Gasteiger partial charge in [-0.2, -0.15) is 0 Å². The molecular weight excluding hydrogens is 402 g/mol. The Morgan fingerprint density at radius 3 is 2.43 bits per heavy atom. The molecule has 0 saturated carbocycles. The van der Waals surface area contributed by atoms with Gasteiger partial charge >= 0.3 is 0 Å². The molecule has 0 aliphatic carbocycles. The Labute approximate surface area is 174 Å². The van der Waals surface area contributed by atoms with Gasteiger partial charge < -0.3 is 10.4 Å². The highest BCUT2D eigenvalue weighted by Gasteiger charge is 2.15. The highest BCUT2D eigenvalue weighted by atomic mass is 32.2. The van der Waals surface area contributed by atoms with E-state index in [9.17, 15) is 13.5 Å². The first-order valence-electron chi connectivity index (χ1n) is 9.28. The number of phenols is 1. The van der Waals surface area contributed by atoms with Crippen molar-refractivity contribution < 1.29 is 13.5 Å². The lowest BCUT2D eigenvalue weighted by Crippen LogP contribution is -2.18. The second-order valence-electron chi connectivity index (χ2n) is 6.77. The summed E-state index contributed by atoms with van der Waals surface area (Å²) in [6.45, 7) is 2.40. The molecule has 3 N–H and O–H groups in total. The second kappa shape index (κ2) is 7.77. The Kier molecular flexibility index (Phi) is 5.15. The summed E-state index contributed by atoms with van der Waals surface area (Å²) in [4.78, 5) is 9.30. The Morgan fingerprint density at radius 1 is 1.07 bits per heavy atom. The van der Waals surface area contributed by atoms with Gasteiger partial charge in [-0.15, -0.1) is 0 Å². The van der Waals surface area contributed by atoms with Crippen molar-refractivity contribution >= 4 is 21.5 Å². The van der Waals surface area contributed by atoms with E-state index in [1.165, 1.54) is 7.05 Å². The molecule has 0 amide bonds. The Bertz CT molecular complexity index is 1300. The molecule has 0 aliphatic heterocycles. The number of phenolic OH excluding ortho intramolecular Hbond substituents is 1. The number of hydrogen-bond acceptors (Lipinski definition) is 6. The van der Waals surface area contributed by atoms with E-state index >= 15 is 0 Å². The van der Waals surface area contributed by atoms with Crippen LogP contribution in [0.25, 0.3) is 16.9 Å². The SMILES string of the molecule is CNS(=O)(=O)c1ccc(CNc2nccn3c(-c4ccc(O)cc4)c(C)nc23)cc1. The molecule has 8 nitrogen and oxygen atoms in total. The fourth-order valence-electron chi connectivity index (χ4n) is 3.27.